The van der Waals surface area contributed by atoms with E-state index < -0.39 is 6.09 Å². The fraction of sp³-hybridized carbons (Fsp3) is 0.385. The molecule has 0 aliphatic rings. The van der Waals surface area contributed by atoms with E-state index >= 15 is 0 Å². The molecule has 0 bridgehead atoms. The van der Waals surface area contributed by atoms with E-state index in [2.05, 4.69) is 29.0 Å². The van der Waals surface area contributed by atoms with Gasteiger partial charge in [0.05, 0.1) is 26.1 Å². The van der Waals surface area contributed by atoms with Crippen LogP contribution in [0, 0.1) is 6.92 Å². The molecule has 0 aliphatic heterocycles. The second kappa shape index (κ2) is 11.0. The lowest BCUT2D eigenvalue weighted by Gasteiger charge is -2.23. The molecule has 7 heteroatoms. The fourth-order valence-electron chi connectivity index (χ4n) is 3.92. The van der Waals surface area contributed by atoms with E-state index in [1.165, 1.54) is 0 Å². The first-order chi connectivity index (χ1) is 15.9. The van der Waals surface area contributed by atoms with Gasteiger partial charge in [0, 0.05) is 28.9 Å². The van der Waals surface area contributed by atoms with Crippen LogP contribution in [-0.4, -0.2) is 55.9 Å². The number of nitrogens with one attached hydrogen (secondary N) is 1. The van der Waals surface area contributed by atoms with Gasteiger partial charge in [0.25, 0.3) is 0 Å². The van der Waals surface area contributed by atoms with Crippen molar-refractivity contribution in [3.63, 3.8) is 0 Å². The summed E-state index contributed by atoms with van der Waals surface area (Å²) in [5.41, 5.74) is 2.88. The van der Waals surface area contributed by atoms with Crippen LogP contribution in [0.5, 0.6) is 17.2 Å². The largest absolute Gasteiger partial charge is 0.493 e. The van der Waals surface area contributed by atoms with Crippen LogP contribution in [0.4, 0.5) is 4.79 Å². The Morgan fingerprint density at radius 3 is 2.27 bits per heavy atom. The predicted octanol–water partition coefficient (Wildman–Crippen LogP) is 5.05. The maximum atomic E-state index is 12.7. The third kappa shape index (κ3) is 5.54. The molecule has 0 fully saturated rings. The van der Waals surface area contributed by atoms with Crippen molar-refractivity contribution in [3.8, 4) is 28.5 Å². The molecule has 2 aromatic carbocycles. The van der Waals surface area contributed by atoms with Crippen LogP contribution in [-0.2, 0) is 0 Å². The summed E-state index contributed by atoms with van der Waals surface area (Å²) in [6, 6.07) is 11.7. The van der Waals surface area contributed by atoms with Gasteiger partial charge in [0.15, 0.2) is 17.2 Å². The number of amides is 1. The van der Waals surface area contributed by atoms with Gasteiger partial charge >= 0.3 is 6.09 Å². The van der Waals surface area contributed by atoms with E-state index in [0.29, 0.717) is 22.6 Å². The lowest BCUT2D eigenvalue weighted by molar-refractivity contribution is 0.191. The highest BCUT2D eigenvalue weighted by atomic mass is 16.6. The topological polar surface area (TPSA) is 72.9 Å². The zero-order chi connectivity index (χ0) is 24.0. The molecule has 1 unspecified atom stereocenters. The van der Waals surface area contributed by atoms with Crippen LogP contribution >= 0.6 is 0 Å². The number of benzene rings is 2. The van der Waals surface area contributed by atoms with E-state index in [-0.39, 0.29) is 6.04 Å². The zero-order valence-corrected chi connectivity index (χ0v) is 20.3. The minimum Gasteiger partial charge on any atom is -0.493 e. The molecule has 0 spiro atoms. The van der Waals surface area contributed by atoms with Gasteiger partial charge in [-0.1, -0.05) is 38.1 Å². The standard InChI is InChI=1S/C26H33N3O4/c1-7-29(8-2)16-18(4)28-26(30)33-24-15-27-25(19-12-10-9-11-17(19)3)21-14-23(32-6)22(31-5)13-20(21)24/h9-15,18H,7-8,16H2,1-6H3,(H,28,30). The second-order valence-electron chi connectivity index (χ2n) is 7.96. The number of carbonyl (C=O) groups is 1. The molecule has 3 aromatic rings. The SMILES string of the molecule is CCN(CC)CC(C)NC(=O)Oc1cnc(-c2ccccc2C)c2cc(OC)c(OC)cc12. The normalized spacial score (nSPS) is 12.0. The molecule has 1 atom stereocenters. The lowest BCUT2D eigenvalue weighted by Crippen LogP contribution is -2.43. The molecule has 0 radical (unpaired) electrons. The average molecular weight is 452 g/mol. The van der Waals surface area contributed by atoms with Crippen molar-refractivity contribution in [1.82, 2.24) is 15.2 Å². The number of pyridine rings is 1. The Morgan fingerprint density at radius 2 is 1.67 bits per heavy atom. The number of aryl methyl sites for hydroxylation is 1. The predicted molar refractivity (Wildman–Crippen MR) is 131 cm³/mol. The summed E-state index contributed by atoms with van der Waals surface area (Å²) in [6.45, 7) is 10.8. The molecule has 1 heterocycles. The molecule has 3 rings (SSSR count). The van der Waals surface area contributed by atoms with Crippen LogP contribution in [0.15, 0.2) is 42.6 Å². The first kappa shape index (κ1) is 24.3. The van der Waals surface area contributed by atoms with Crippen molar-refractivity contribution >= 4 is 16.9 Å². The Morgan fingerprint density at radius 1 is 1.03 bits per heavy atom. The summed E-state index contributed by atoms with van der Waals surface area (Å²) in [5.74, 6) is 1.49. The van der Waals surface area contributed by atoms with Gasteiger partial charge in [-0.15, -0.1) is 0 Å². The van der Waals surface area contributed by atoms with Crippen molar-refractivity contribution in [2.75, 3.05) is 33.9 Å². The molecular weight excluding hydrogens is 418 g/mol. The average Bonchev–Trinajstić information content (AvgIpc) is 2.82. The molecule has 1 N–H and O–H groups in total. The van der Waals surface area contributed by atoms with Crippen LogP contribution in [0.25, 0.3) is 22.0 Å². The van der Waals surface area contributed by atoms with Crippen LogP contribution in [0.3, 0.4) is 0 Å². The molecule has 176 valence electrons. The quantitative estimate of drug-likeness (QED) is 0.491. The molecular formula is C26H33N3O4. The summed E-state index contributed by atoms with van der Waals surface area (Å²) in [5, 5.41) is 4.44. The molecule has 0 saturated heterocycles. The number of rotatable bonds is 9. The molecule has 1 aromatic heterocycles. The van der Waals surface area contributed by atoms with E-state index in [9.17, 15) is 4.79 Å². The summed E-state index contributed by atoms with van der Waals surface area (Å²) in [7, 11) is 3.17. The third-order valence-corrected chi connectivity index (χ3v) is 5.75. The molecule has 1 amide bonds. The highest BCUT2D eigenvalue weighted by molar-refractivity contribution is 6.01. The van der Waals surface area contributed by atoms with E-state index in [0.717, 1.165) is 41.8 Å². The van der Waals surface area contributed by atoms with Gasteiger partial charge in [-0.2, -0.15) is 0 Å². The Bertz CT molecular complexity index is 1110. The summed E-state index contributed by atoms with van der Waals surface area (Å²) >= 11 is 0. The van der Waals surface area contributed by atoms with E-state index in [4.69, 9.17) is 14.2 Å². The minimum atomic E-state index is -0.517. The lowest BCUT2D eigenvalue weighted by atomic mass is 9.99. The third-order valence-electron chi connectivity index (χ3n) is 5.75. The smallest absolute Gasteiger partial charge is 0.412 e. The van der Waals surface area contributed by atoms with Gasteiger partial charge < -0.3 is 24.4 Å². The monoisotopic (exact) mass is 451 g/mol. The number of fused-ring (bicyclic) bond motifs is 1. The number of nitrogens with zero attached hydrogens (tertiary/aromatic N) is 2. The summed E-state index contributed by atoms with van der Waals surface area (Å²) < 4.78 is 16.7. The Kier molecular flexibility index (Phi) is 8.11. The van der Waals surface area contributed by atoms with E-state index in [1.54, 1.807) is 20.4 Å². The van der Waals surface area contributed by atoms with Crippen LogP contribution < -0.4 is 19.5 Å². The first-order valence-electron chi connectivity index (χ1n) is 11.2. The second-order valence-corrected chi connectivity index (χ2v) is 7.96. The molecule has 0 aliphatic carbocycles. The summed E-state index contributed by atoms with van der Waals surface area (Å²) in [4.78, 5) is 19.6. The Hall–Kier alpha value is -3.32. The highest BCUT2D eigenvalue weighted by Gasteiger charge is 2.19. The number of likely N-dealkylation sites (N-methyl/N-ethyl adjacent to an activating group) is 1. The van der Waals surface area contributed by atoms with Gasteiger partial charge in [0.2, 0.25) is 0 Å². The van der Waals surface area contributed by atoms with Crippen molar-refractivity contribution in [2.45, 2.75) is 33.7 Å². The first-order valence-corrected chi connectivity index (χ1v) is 11.2. The zero-order valence-electron chi connectivity index (χ0n) is 20.3. The highest BCUT2D eigenvalue weighted by Crippen LogP contribution is 2.40. The number of ether oxygens (including phenoxy) is 3. The number of carbonyl (C=O) groups excluding carboxylic acids is 1. The van der Waals surface area contributed by atoms with Gasteiger partial charge in [-0.25, -0.2) is 4.79 Å². The van der Waals surface area contributed by atoms with Crippen molar-refractivity contribution in [1.29, 1.82) is 0 Å². The van der Waals surface area contributed by atoms with Crippen LogP contribution in [0.1, 0.15) is 26.3 Å². The van der Waals surface area contributed by atoms with E-state index in [1.807, 2.05) is 50.2 Å². The fourth-order valence-corrected chi connectivity index (χ4v) is 3.92. The van der Waals surface area contributed by atoms with Gasteiger partial charge in [-0.05, 0) is 44.6 Å². The van der Waals surface area contributed by atoms with Gasteiger partial charge in [-0.3, -0.25) is 4.98 Å². The number of aromatic nitrogens is 1. The van der Waals surface area contributed by atoms with Crippen LogP contribution in [0.2, 0.25) is 0 Å². The Balaban J connectivity index is 2.00. The number of hydrogen-bond donors (Lipinski definition) is 1. The van der Waals surface area contributed by atoms with Gasteiger partial charge in [0.1, 0.15) is 0 Å². The maximum absolute atomic E-state index is 12.7. The van der Waals surface area contributed by atoms with Crippen molar-refractivity contribution in [2.24, 2.45) is 0 Å². The maximum Gasteiger partial charge on any atom is 0.412 e. The minimum absolute atomic E-state index is 0.0579. The number of methoxy groups -OCH3 is 2. The van der Waals surface area contributed by atoms with Crippen molar-refractivity contribution in [3.05, 3.63) is 48.2 Å². The Labute approximate surface area is 195 Å². The molecule has 0 saturated carbocycles. The number of hydrogen-bond acceptors (Lipinski definition) is 6. The van der Waals surface area contributed by atoms with Crippen molar-refractivity contribution < 1.29 is 19.0 Å². The molecule has 33 heavy (non-hydrogen) atoms. The molecule has 7 nitrogen and oxygen atoms in total. The summed E-state index contributed by atoms with van der Waals surface area (Å²) in [6.07, 6.45) is 1.07.